The molecular weight excluding hydrogens is 428 g/mol. The first-order chi connectivity index (χ1) is 13.8. The third-order valence-corrected chi connectivity index (χ3v) is 2.28. The molecular formula is C21H26O11. The van der Waals surface area contributed by atoms with Crippen LogP contribution >= 0.6 is 0 Å². The molecule has 2 N–H and O–H groups in total. The van der Waals surface area contributed by atoms with Gasteiger partial charge in [0.05, 0.1) is 6.42 Å². The maximum absolute atomic E-state index is 10.1. The van der Waals surface area contributed by atoms with E-state index in [1.807, 2.05) is 0 Å². The smallest absolute Gasteiger partial charge is 0.338 e. The van der Waals surface area contributed by atoms with Crippen molar-refractivity contribution >= 4 is 47.0 Å². The second-order valence-electron chi connectivity index (χ2n) is 5.08. The van der Waals surface area contributed by atoms with Crippen LogP contribution in [-0.4, -0.2) is 57.2 Å². The van der Waals surface area contributed by atoms with Crippen LogP contribution in [0.25, 0.3) is 0 Å². The zero-order valence-corrected chi connectivity index (χ0v) is 15.9. The van der Waals surface area contributed by atoms with Crippen molar-refractivity contribution in [1.82, 2.24) is 0 Å². The van der Waals surface area contributed by atoms with Crippen LogP contribution in [0, 0.1) is 0 Å². The Morgan fingerprint density at radius 3 is 1.09 bits per heavy atom. The molecule has 0 fully saturated rings. The molecule has 0 atom stereocenters. The van der Waals surface area contributed by atoms with Gasteiger partial charge in [0.25, 0.3) is 0 Å². The minimum absolute atomic E-state index is 0. The maximum Gasteiger partial charge on any atom is 0.338 e. The molecule has 1 heterocycles. The fourth-order valence-electron chi connectivity index (χ4n) is 1.16. The summed E-state index contributed by atoms with van der Waals surface area (Å²) in [5, 5.41) is 15.8. The number of ether oxygens (including phenoxy) is 1. The molecule has 176 valence electrons. The van der Waals surface area contributed by atoms with Gasteiger partial charge in [-0.25, -0.2) is 19.2 Å². The van der Waals surface area contributed by atoms with Crippen molar-refractivity contribution in [2.75, 3.05) is 0 Å². The SMILES string of the molecule is C.C.CC(=O)/C=C\C(=O)O.CC(=O)/C=C\C(=O)O.O=C1C=CC(=O)C1.O=C1C=CC(=O)O1. The van der Waals surface area contributed by atoms with Crippen LogP contribution in [0.3, 0.4) is 0 Å². The molecule has 0 amide bonds. The predicted molar refractivity (Wildman–Crippen MR) is 112 cm³/mol. The van der Waals surface area contributed by atoms with Crippen molar-refractivity contribution < 1.29 is 53.3 Å². The molecule has 2 aliphatic rings. The van der Waals surface area contributed by atoms with Crippen LogP contribution < -0.4 is 0 Å². The van der Waals surface area contributed by atoms with Gasteiger partial charge in [-0.1, -0.05) is 14.9 Å². The maximum atomic E-state index is 10.1. The molecule has 0 saturated heterocycles. The molecule has 0 spiro atoms. The molecule has 0 bridgehead atoms. The lowest BCUT2D eigenvalue weighted by molar-refractivity contribution is -0.150. The van der Waals surface area contributed by atoms with Crippen molar-refractivity contribution in [3.8, 4) is 0 Å². The van der Waals surface area contributed by atoms with E-state index in [0.717, 1.165) is 36.5 Å². The lowest BCUT2D eigenvalue weighted by Gasteiger charge is -1.80. The number of hydrogen-bond donors (Lipinski definition) is 2. The zero-order valence-electron chi connectivity index (χ0n) is 15.9. The van der Waals surface area contributed by atoms with Gasteiger partial charge < -0.3 is 14.9 Å². The molecule has 11 heteroatoms. The molecule has 0 aromatic heterocycles. The standard InChI is InChI=1S/2C5H6O3.C5H4O2.C4H2O3.2CH4/c2*1-4(6)2-3-5(7)8;6-4-1-2-5(7)3-4;5-3-1-2-4(6)7-3;;/h2*2-3H,1H3,(H,7,8);1-2H,3H2;1-2H;2*1H4/b2*3-2-;;;;. The van der Waals surface area contributed by atoms with Gasteiger partial charge in [-0.3, -0.25) is 19.2 Å². The second-order valence-corrected chi connectivity index (χ2v) is 5.08. The Balaban J connectivity index is -0.000000160. The zero-order chi connectivity index (χ0) is 23.7. The average molecular weight is 454 g/mol. The van der Waals surface area contributed by atoms with E-state index < -0.39 is 23.9 Å². The number of carbonyl (C=O) groups is 8. The van der Waals surface area contributed by atoms with Crippen LogP contribution in [0.5, 0.6) is 0 Å². The quantitative estimate of drug-likeness (QED) is 0.355. The number of esters is 2. The van der Waals surface area contributed by atoms with Crippen molar-refractivity contribution in [2.45, 2.75) is 35.1 Å². The minimum Gasteiger partial charge on any atom is -0.478 e. The monoisotopic (exact) mass is 454 g/mol. The molecule has 0 unspecified atom stereocenters. The summed E-state index contributed by atoms with van der Waals surface area (Å²) in [4.78, 5) is 79.5. The Hall–Kier alpha value is -4.28. The lowest BCUT2D eigenvalue weighted by Crippen LogP contribution is -1.96. The largest absolute Gasteiger partial charge is 0.478 e. The molecule has 1 aliphatic heterocycles. The number of carboxylic acids is 2. The Morgan fingerprint density at radius 2 is 1.00 bits per heavy atom. The summed E-state index contributed by atoms with van der Waals surface area (Å²) in [6.07, 6.45) is 8.49. The summed E-state index contributed by atoms with van der Waals surface area (Å²) < 4.78 is 3.97. The van der Waals surface area contributed by atoms with Gasteiger partial charge in [0.15, 0.2) is 23.1 Å². The number of rotatable bonds is 4. The summed E-state index contributed by atoms with van der Waals surface area (Å²) in [7, 11) is 0. The second kappa shape index (κ2) is 20.0. The number of carbonyl (C=O) groups excluding carboxylic acids is 6. The van der Waals surface area contributed by atoms with Gasteiger partial charge >= 0.3 is 23.9 Å². The fourth-order valence-corrected chi connectivity index (χ4v) is 1.16. The topological polar surface area (TPSA) is 186 Å². The molecule has 0 radical (unpaired) electrons. The molecule has 2 rings (SSSR count). The first-order valence-corrected chi connectivity index (χ1v) is 7.84. The molecule has 0 aromatic rings. The number of ketones is 4. The van der Waals surface area contributed by atoms with Crippen LogP contribution in [0.4, 0.5) is 0 Å². The van der Waals surface area contributed by atoms with E-state index >= 15 is 0 Å². The lowest BCUT2D eigenvalue weighted by atomic mass is 10.3. The summed E-state index contributed by atoms with van der Waals surface area (Å²) in [5.41, 5.74) is 0. The van der Waals surface area contributed by atoms with Gasteiger partial charge in [0, 0.05) is 24.3 Å². The number of cyclic esters (lactones) is 2. The number of hydrogen-bond acceptors (Lipinski definition) is 9. The highest BCUT2D eigenvalue weighted by Gasteiger charge is 2.10. The van der Waals surface area contributed by atoms with E-state index in [1.165, 1.54) is 26.0 Å². The number of aliphatic carboxylic acids is 2. The van der Waals surface area contributed by atoms with Crippen molar-refractivity contribution in [3.63, 3.8) is 0 Å². The molecule has 32 heavy (non-hydrogen) atoms. The van der Waals surface area contributed by atoms with E-state index in [4.69, 9.17) is 10.2 Å². The average Bonchev–Trinajstić information content (AvgIpc) is 3.19. The summed E-state index contributed by atoms with van der Waals surface area (Å²) >= 11 is 0. The first-order valence-electron chi connectivity index (χ1n) is 7.84. The molecule has 0 aromatic carbocycles. The Morgan fingerprint density at radius 1 is 0.688 bits per heavy atom. The van der Waals surface area contributed by atoms with Gasteiger partial charge in [-0.05, 0) is 38.2 Å². The predicted octanol–water partition coefficient (Wildman–Crippen LogP) is 1.42. The van der Waals surface area contributed by atoms with Gasteiger partial charge in [0.1, 0.15) is 0 Å². The highest BCUT2D eigenvalue weighted by atomic mass is 16.6. The van der Waals surface area contributed by atoms with E-state index in [9.17, 15) is 38.4 Å². The van der Waals surface area contributed by atoms with Crippen LogP contribution in [0.15, 0.2) is 48.6 Å². The third kappa shape index (κ3) is 27.9. The van der Waals surface area contributed by atoms with Gasteiger partial charge in [0.2, 0.25) is 0 Å². The first kappa shape index (κ1) is 35.2. The highest BCUT2D eigenvalue weighted by molar-refractivity contribution is 6.16. The minimum atomic E-state index is -1.10. The van der Waals surface area contributed by atoms with Crippen molar-refractivity contribution in [1.29, 1.82) is 0 Å². The molecule has 1 aliphatic carbocycles. The Bertz CT molecular complexity index is 706. The summed E-state index contributed by atoms with van der Waals surface area (Å²) in [6, 6.07) is 0. The Kier molecular flexibility index (Phi) is 22.0. The van der Waals surface area contributed by atoms with Gasteiger partial charge in [-0.2, -0.15) is 0 Å². The van der Waals surface area contributed by atoms with Crippen LogP contribution in [0.1, 0.15) is 35.1 Å². The van der Waals surface area contributed by atoms with E-state index in [1.54, 1.807) is 0 Å². The molecule has 0 saturated carbocycles. The van der Waals surface area contributed by atoms with Gasteiger partial charge in [-0.15, -0.1) is 0 Å². The van der Waals surface area contributed by atoms with Crippen LogP contribution in [-0.2, 0) is 43.1 Å². The highest BCUT2D eigenvalue weighted by Crippen LogP contribution is 1.97. The van der Waals surface area contributed by atoms with E-state index in [2.05, 4.69) is 4.74 Å². The number of carboxylic acid groups (broad SMARTS) is 2. The normalized spacial score (nSPS) is 12.8. The third-order valence-electron chi connectivity index (χ3n) is 2.28. The van der Waals surface area contributed by atoms with Crippen LogP contribution in [0.2, 0.25) is 0 Å². The van der Waals surface area contributed by atoms with E-state index in [0.29, 0.717) is 0 Å². The number of allylic oxidation sites excluding steroid dienone is 4. The van der Waals surface area contributed by atoms with E-state index in [-0.39, 0.29) is 44.4 Å². The summed E-state index contributed by atoms with van der Waals surface area (Å²) in [6.45, 7) is 2.58. The fraction of sp³-hybridized carbons (Fsp3) is 0.238. The van der Waals surface area contributed by atoms with Crippen molar-refractivity contribution in [2.24, 2.45) is 0 Å². The summed E-state index contributed by atoms with van der Waals surface area (Å²) in [5.74, 6) is -4.02. The van der Waals surface area contributed by atoms with Crippen molar-refractivity contribution in [3.05, 3.63) is 48.6 Å². The Labute approximate surface area is 184 Å². The molecule has 11 nitrogen and oxygen atoms in total.